The highest BCUT2D eigenvalue weighted by molar-refractivity contribution is 6.30. The van der Waals surface area contributed by atoms with Gasteiger partial charge in [-0.05, 0) is 12.1 Å². The Labute approximate surface area is 116 Å². The number of rotatable bonds is 4. The molecule has 5 heteroatoms. The number of nitrogens with one attached hydrogen (secondary N) is 1. The maximum absolute atomic E-state index is 5.95. The first-order valence-electron chi connectivity index (χ1n) is 6.23. The van der Waals surface area contributed by atoms with Gasteiger partial charge in [-0.1, -0.05) is 23.7 Å². The number of nitrogens with zero attached hydrogens (tertiary/aromatic N) is 2. The van der Waals surface area contributed by atoms with Gasteiger partial charge in [0, 0.05) is 29.6 Å². The van der Waals surface area contributed by atoms with Gasteiger partial charge in [-0.2, -0.15) is 0 Å². The molecule has 0 aliphatic carbocycles. The fourth-order valence-electron chi connectivity index (χ4n) is 1.85. The molecule has 0 spiro atoms. The zero-order chi connectivity index (χ0) is 13.1. The van der Waals surface area contributed by atoms with E-state index in [1.54, 1.807) is 12.4 Å². The van der Waals surface area contributed by atoms with Crippen LogP contribution in [-0.2, 0) is 0 Å². The monoisotopic (exact) mass is 275 g/mol. The maximum atomic E-state index is 5.95. The summed E-state index contributed by atoms with van der Waals surface area (Å²) in [5, 5.41) is 3.89. The quantitative estimate of drug-likeness (QED) is 0.931. The van der Waals surface area contributed by atoms with Crippen molar-refractivity contribution in [3.05, 3.63) is 41.7 Å². The SMILES string of the molecule is Clc1cccc(-c2ncc(OCC3CNC3)cn2)c1. The second-order valence-electron chi connectivity index (χ2n) is 4.59. The van der Waals surface area contributed by atoms with Crippen LogP contribution in [0.2, 0.25) is 5.02 Å². The van der Waals surface area contributed by atoms with E-state index in [0.717, 1.165) is 18.7 Å². The zero-order valence-corrected chi connectivity index (χ0v) is 11.1. The normalized spacial score (nSPS) is 15.0. The summed E-state index contributed by atoms with van der Waals surface area (Å²) in [6.07, 6.45) is 3.41. The highest BCUT2D eigenvalue weighted by atomic mass is 35.5. The van der Waals surface area contributed by atoms with E-state index in [0.29, 0.717) is 29.1 Å². The Morgan fingerprint density at radius 1 is 1.26 bits per heavy atom. The van der Waals surface area contributed by atoms with Crippen molar-refractivity contribution < 1.29 is 4.74 Å². The number of benzene rings is 1. The predicted octanol–water partition coefficient (Wildman–Crippen LogP) is 2.40. The number of hydrogen-bond donors (Lipinski definition) is 1. The second-order valence-corrected chi connectivity index (χ2v) is 5.02. The van der Waals surface area contributed by atoms with Crippen molar-refractivity contribution in [1.82, 2.24) is 15.3 Å². The Hall–Kier alpha value is -1.65. The first kappa shape index (κ1) is 12.4. The Balaban J connectivity index is 1.67. The summed E-state index contributed by atoms with van der Waals surface area (Å²) in [4.78, 5) is 8.60. The average Bonchev–Trinajstić information content (AvgIpc) is 2.38. The van der Waals surface area contributed by atoms with Crippen LogP contribution in [0.4, 0.5) is 0 Å². The molecular weight excluding hydrogens is 262 g/mol. The molecule has 1 saturated heterocycles. The molecule has 0 amide bonds. The van der Waals surface area contributed by atoms with Crippen LogP contribution in [0.25, 0.3) is 11.4 Å². The first-order chi connectivity index (χ1) is 9.31. The van der Waals surface area contributed by atoms with Crippen molar-refractivity contribution in [3.8, 4) is 17.1 Å². The van der Waals surface area contributed by atoms with E-state index < -0.39 is 0 Å². The van der Waals surface area contributed by atoms with Gasteiger partial charge >= 0.3 is 0 Å². The summed E-state index contributed by atoms with van der Waals surface area (Å²) < 4.78 is 5.63. The zero-order valence-electron chi connectivity index (χ0n) is 10.3. The predicted molar refractivity (Wildman–Crippen MR) is 74.3 cm³/mol. The van der Waals surface area contributed by atoms with Crippen LogP contribution in [-0.4, -0.2) is 29.7 Å². The minimum absolute atomic E-state index is 0.604. The van der Waals surface area contributed by atoms with E-state index in [4.69, 9.17) is 16.3 Å². The molecule has 1 aliphatic rings. The van der Waals surface area contributed by atoms with E-state index >= 15 is 0 Å². The topological polar surface area (TPSA) is 47.0 Å². The largest absolute Gasteiger partial charge is 0.490 e. The van der Waals surface area contributed by atoms with E-state index in [-0.39, 0.29) is 0 Å². The summed E-state index contributed by atoms with van der Waals surface area (Å²) in [5.41, 5.74) is 0.905. The molecule has 0 saturated carbocycles. The molecule has 1 fully saturated rings. The van der Waals surface area contributed by atoms with Crippen molar-refractivity contribution in [1.29, 1.82) is 0 Å². The lowest BCUT2D eigenvalue weighted by Crippen LogP contribution is -2.45. The van der Waals surface area contributed by atoms with Crippen LogP contribution in [0.3, 0.4) is 0 Å². The van der Waals surface area contributed by atoms with Crippen molar-refractivity contribution >= 4 is 11.6 Å². The molecule has 0 atom stereocenters. The molecule has 2 aromatic rings. The smallest absolute Gasteiger partial charge is 0.159 e. The van der Waals surface area contributed by atoms with Gasteiger partial charge in [0.15, 0.2) is 11.6 Å². The molecule has 98 valence electrons. The Kier molecular flexibility index (Phi) is 3.62. The number of ether oxygens (including phenoxy) is 1. The van der Waals surface area contributed by atoms with Gasteiger partial charge in [-0.25, -0.2) is 9.97 Å². The Morgan fingerprint density at radius 2 is 2.05 bits per heavy atom. The van der Waals surface area contributed by atoms with Crippen molar-refractivity contribution in [2.45, 2.75) is 0 Å². The van der Waals surface area contributed by atoms with Crippen molar-refractivity contribution in [2.75, 3.05) is 19.7 Å². The molecule has 2 heterocycles. The molecule has 1 aromatic heterocycles. The number of aromatic nitrogens is 2. The molecule has 1 N–H and O–H groups in total. The van der Waals surface area contributed by atoms with E-state index in [2.05, 4.69) is 15.3 Å². The fourth-order valence-corrected chi connectivity index (χ4v) is 2.04. The second kappa shape index (κ2) is 5.55. The third kappa shape index (κ3) is 3.03. The first-order valence-corrected chi connectivity index (χ1v) is 6.60. The van der Waals surface area contributed by atoms with Crippen LogP contribution in [0, 0.1) is 5.92 Å². The highest BCUT2D eigenvalue weighted by Crippen LogP contribution is 2.20. The number of halogens is 1. The van der Waals surface area contributed by atoms with Crippen LogP contribution in [0.1, 0.15) is 0 Å². The fraction of sp³-hybridized carbons (Fsp3) is 0.286. The van der Waals surface area contributed by atoms with Gasteiger partial charge < -0.3 is 10.1 Å². The third-order valence-electron chi connectivity index (χ3n) is 3.06. The minimum atomic E-state index is 0.604. The van der Waals surface area contributed by atoms with Gasteiger partial charge in [-0.15, -0.1) is 0 Å². The minimum Gasteiger partial charge on any atom is -0.490 e. The van der Waals surface area contributed by atoms with Crippen LogP contribution in [0.15, 0.2) is 36.7 Å². The molecule has 1 aromatic carbocycles. The van der Waals surface area contributed by atoms with Gasteiger partial charge in [0.25, 0.3) is 0 Å². The van der Waals surface area contributed by atoms with Crippen molar-refractivity contribution in [3.63, 3.8) is 0 Å². The molecule has 19 heavy (non-hydrogen) atoms. The van der Waals surface area contributed by atoms with Gasteiger partial charge in [0.2, 0.25) is 0 Å². The van der Waals surface area contributed by atoms with Crippen molar-refractivity contribution in [2.24, 2.45) is 5.92 Å². The van der Waals surface area contributed by atoms with E-state index in [9.17, 15) is 0 Å². The summed E-state index contributed by atoms with van der Waals surface area (Å²) in [5.74, 6) is 1.96. The van der Waals surface area contributed by atoms with Crippen LogP contribution >= 0.6 is 11.6 Å². The molecule has 1 aliphatic heterocycles. The average molecular weight is 276 g/mol. The lowest BCUT2D eigenvalue weighted by molar-refractivity contribution is 0.198. The summed E-state index contributed by atoms with van der Waals surface area (Å²) in [6.45, 7) is 2.77. The summed E-state index contributed by atoms with van der Waals surface area (Å²) in [6, 6.07) is 7.49. The molecule has 4 nitrogen and oxygen atoms in total. The molecule has 0 bridgehead atoms. The lowest BCUT2D eigenvalue weighted by Gasteiger charge is -2.26. The van der Waals surface area contributed by atoms with Gasteiger partial charge in [0.1, 0.15) is 0 Å². The van der Waals surface area contributed by atoms with Crippen LogP contribution < -0.4 is 10.1 Å². The highest BCUT2D eigenvalue weighted by Gasteiger charge is 2.17. The van der Waals surface area contributed by atoms with Gasteiger partial charge in [0.05, 0.1) is 19.0 Å². The Morgan fingerprint density at radius 3 is 2.68 bits per heavy atom. The van der Waals surface area contributed by atoms with Crippen LogP contribution in [0.5, 0.6) is 5.75 Å². The molecule has 3 rings (SSSR count). The van der Waals surface area contributed by atoms with E-state index in [1.165, 1.54) is 0 Å². The standard InChI is InChI=1S/C14H14ClN3O/c15-12-3-1-2-11(4-12)14-17-7-13(8-18-14)19-9-10-5-16-6-10/h1-4,7-8,10,16H,5-6,9H2. The maximum Gasteiger partial charge on any atom is 0.159 e. The third-order valence-corrected chi connectivity index (χ3v) is 3.30. The summed E-state index contributed by atoms with van der Waals surface area (Å²) >= 11 is 5.95. The number of hydrogen-bond acceptors (Lipinski definition) is 4. The van der Waals surface area contributed by atoms with E-state index in [1.807, 2.05) is 24.3 Å². The molecule has 0 radical (unpaired) electrons. The molecule has 0 unspecified atom stereocenters. The Bertz CT molecular complexity index is 555. The lowest BCUT2D eigenvalue weighted by atomic mass is 10.1. The van der Waals surface area contributed by atoms with Gasteiger partial charge in [-0.3, -0.25) is 0 Å². The summed E-state index contributed by atoms with van der Waals surface area (Å²) in [7, 11) is 0. The molecular formula is C14H14ClN3O.